The summed E-state index contributed by atoms with van der Waals surface area (Å²) in [5.41, 5.74) is 10.9. The molecular formula is C8H7N5OS. The zero-order valence-electron chi connectivity index (χ0n) is 7.54. The smallest absolute Gasteiger partial charge is 0.192 e. The molecule has 4 N–H and O–H groups in total. The van der Waals surface area contributed by atoms with Crippen LogP contribution in [0.4, 0.5) is 17.3 Å². The fourth-order valence-electron chi connectivity index (χ4n) is 1.10. The number of rotatable bonds is 2. The monoisotopic (exact) mass is 221 g/mol. The molecule has 0 bridgehead atoms. The van der Waals surface area contributed by atoms with Gasteiger partial charge in [0.15, 0.2) is 23.1 Å². The van der Waals surface area contributed by atoms with Crippen molar-refractivity contribution < 1.29 is 0 Å². The molecule has 0 saturated carbocycles. The summed E-state index contributed by atoms with van der Waals surface area (Å²) in [6.07, 6.45) is 0. The maximum atomic E-state index is 10.4. The summed E-state index contributed by atoms with van der Waals surface area (Å²) < 4.78 is 0. The first kappa shape index (κ1) is 9.53. The van der Waals surface area contributed by atoms with E-state index < -0.39 is 0 Å². The maximum Gasteiger partial charge on any atom is 0.192 e. The van der Waals surface area contributed by atoms with Crippen LogP contribution in [-0.2, 0) is 0 Å². The zero-order chi connectivity index (χ0) is 10.8. The van der Waals surface area contributed by atoms with Gasteiger partial charge in [0.05, 0.1) is 4.88 Å². The molecule has 0 aliphatic carbocycles. The van der Waals surface area contributed by atoms with Crippen LogP contribution in [0.15, 0.2) is 22.7 Å². The summed E-state index contributed by atoms with van der Waals surface area (Å²) in [6, 6.07) is 3.70. The van der Waals surface area contributed by atoms with Crippen molar-refractivity contribution in [3.63, 3.8) is 0 Å². The van der Waals surface area contributed by atoms with Crippen LogP contribution in [0.3, 0.4) is 0 Å². The minimum atomic E-state index is -0.102. The number of nitrogens with zero attached hydrogens (tertiary/aromatic N) is 3. The molecule has 15 heavy (non-hydrogen) atoms. The normalized spacial score (nSPS) is 10.1. The van der Waals surface area contributed by atoms with Crippen molar-refractivity contribution in [3.8, 4) is 10.7 Å². The van der Waals surface area contributed by atoms with Gasteiger partial charge in [0.2, 0.25) is 0 Å². The Balaban J connectivity index is 2.58. The van der Waals surface area contributed by atoms with Gasteiger partial charge in [0.1, 0.15) is 0 Å². The Hall–Kier alpha value is -2.02. The highest BCUT2D eigenvalue weighted by atomic mass is 32.1. The molecule has 0 spiro atoms. The average Bonchev–Trinajstić information content (AvgIpc) is 2.69. The zero-order valence-corrected chi connectivity index (χ0v) is 8.36. The van der Waals surface area contributed by atoms with E-state index in [1.54, 1.807) is 0 Å². The molecule has 2 heterocycles. The Morgan fingerprint density at radius 3 is 2.40 bits per heavy atom. The van der Waals surface area contributed by atoms with Gasteiger partial charge in [-0.2, -0.15) is 0 Å². The molecule has 2 aromatic rings. The predicted octanol–water partition coefficient (Wildman–Crippen LogP) is 1.77. The van der Waals surface area contributed by atoms with E-state index in [4.69, 9.17) is 11.5 Å². The van der Waals surface area contributed by atoms with Gasteiger partial charge >= 0.3 is 0 Å². The third kappa shape index (κ3) is 1.64. The largest absolute Gasteiger partial charge is 0.382 e. The van der Waals surface area contributed by atoms with Gasteiger partial charge in [0.25, 0.3) is 0 Å². The summed E-state index contributed by atoms with van der Waals surface area (Å²) >= 11 is 1.46. The molecule has 0 aliphatic heterocycles. The van der Waals surface area contributed by atoms with E-state index in [1.807, 2.05) is 17.5 Å². The lowest BCUT2D eigenvalue weighted by atomic mass is 10.4. The molecular weight excluding hydrogens is 214 g/mol. The molecule has 0 amide bonds. The molecule has 7 heteroatoms. The van der Waals surface area contributed by atoms with Crippen molar-refractivity contribution in [2.45, 2.75) is 0 Å². The number of hydrogen-bond donors (Lipinski definition) is 2. The van der Waals surface area contributed by atoms with Gasteiger partial charge in [-0.05, 0) is 16.6 Å². The van der Waals surface area contributed by atoms with Crippen molar-refractivity contribution in [3.05, 3.63) is 22.4 Å². The topological polar surface area (TPSA) is 107 Å². The number of aromatic nitrogens is 2. The molecule has 76 valence electrons. The van der Waals surface area contributed by atoms with E-state index in [-0.39, 0.29) is 17.3 Å². The van der Waals surface area contributed by atoms with E-state index in [0.29, 0.717) is 5.82 Å². The Bertz CT molecular complexity index is 473. The molecule has 2 rings (SSSR count). The van der Waals surface area contributed by atoms with Gasteiger partial charge in [0, 0.05) is 0 Å². The number of nitrogens with two attached hydrogens (primary N) is 2. The van der Waals surface area contributed by atoms with Gasteiger partial charge < -0.3 is 11.5 Å². The molecule has 0 fully saturated rings. The lowest BCUT2D eigenvalue weighted by Gasteiger charge is -2.02. The summed E-state index contributed by atoms with van der Waals surface area (Å²) in [4.78, 5) is 19.1. The second kappa shape index (κ2) is 3.62. The Labute approximate surface area is 88.9 Å². The minimum absolute atomic E-state index is 0.000833. The summed E-state index contributed by atoms with van der Waals surface area (Å²) in [5.74, 6) is 0.411. The van der Waals surface area contributed by atoms with Crippen molar-refractivity contribution in [1.29, 1.82) is 0 Å². The van der Waals surface area contributed by atoms with Gasteiger partial charge in [-0.1, -0.05) is 6.07 Å². The van der Waals surface area contributed by atoms with E-state index in [0.717, 1.165) is 4.88 Å². The van der Waals surface area contributed by atoms with Crippen LogP contribution >= 0.6 is 11.3 Å². The first-order chi connectivity index (χ1) is 7.22. The van der Waals surface area contributed by atoms with Crippen LogP contribution in [-0.4, -0.2) is 9.97 Å². The van der Waals surface area contributed by atoms with Crippen LogP contribution in [0.2, 0.25) is 0 Å². The SMILES string of the molecule is Nc1nc(-c2cccs2)nc(N)c1N=O. The standard InChI is InChI=1S/C8H7N5OS/c9-6-5(13-14)7(10)12-8(11-6)4-2-1-3-15-4/h1-3H,(H4,9,10,11,12). The second-order valence-corrected chi connectivity index (χ2v) is 3.68. The molecule has 0 aromatic carbocycles. The first-order valence-corrected chi connectivity index (χ1v) is 4.90. The van der Waals surface area contributed by atoms with Gasteiger partial charge in [-0.15, -0.1) is 16.2 Å². The van der Waals surface area contributed by atoms with Crippen LogP contribution in [0.1, 0.15) is 0 Å². The summed E-state index contributed by atoms with van der Waals surface area (Å²) in [7, 11) is 0. The van der Waals surface area contributed by atoms with Crippen LogP contribution in [0.5, 0.6) is 0 Å². The molecule has 0 aliphatic rings. The number of nitrogen functional groups attached to an aromatic ring is 2. The van der Waals surface area contributed by atoms with Crippen molar-refractivity contribution >= 4 is 28.7 Å². The molecule has 6 nitrogen and oxygen atoms in total. The third-order valence-corrected chi connectivity index (χ3v) is 2.64. The Kier molecular flexibility index (Phi) is 2.30. The van der Waals surface area contributed by atoms with Gasteiger partial charge in [-0.25, -0.2) is 9.97 Å². The highest BCUT2D eigenvalue weighted by molar-refractivity contribution is 7.13. The number of anilines is 2. The van der Waals surface area contributed by atoms with E-state index >= 15 is 0 Å². The van der Waals surface area contributed by atoms with Crippen LogP contribution < -0.4 is 11.5 Å². The minimum Gasteiger partial charge on any atom is -0.382 e. The number of hydrogen-bond acceptors (Lipinski definition) is 7. The fourth-order valence-corrected chi connectivity index (χ4v) is 1.76. The maximum absolute atomic E-state index is 10.4. The summed E-state index contributed by atoms with van der Waals surface area (Å²) in [5, 5.41) is 4.56. The molecule has 0 unspecified atom stereocenters. The predicted molar refractivity (Wildman–Crippen MR) is 59.6 cm³/mol. The van der Waals surface area contributed by atoms with Crippen molar-refractivity contribution in [2.24, 2.45) is 5.18 Å². The third-order valence-electron chi connectivity index (χ3n) is 1.77. The Morgan fingerprint density at radius 2 is 1.93 bits per heavy atom. The lowest BCUT2D eigenvalue weighted by molar-refractivity contribution is 1.19. The van der Waals surface area contributed by atoms with E-state index in [9.17, 15) is 4.91 Å². The first-order valence-electron chi connectivity index (χ1n) is 4.02. The molecule has 0 saturated heterocycles. The highest BCUT2D eigenvalue weighted by Crippen LogP contribution is 2.30. The quantitative estimate of drug-likeness (QED) is 0.751. The van der Waals surface area contributed by atoms with E-state index in [1.165, 1.54) is 11.3 Å². The van der Waals surface area contributed by atoms with E-state index in [2.05, 4.69) is 15.1 Å². The Morgan fingerprint density at radius 1 is 1.27 bits per heavy atom. The highest BCUT2D eigenvalue weighted by Gasteiger charge is 2.12. The fraction of sp³-hybridized carbons (Fsp3) is 0. The number of nitroso groups, excluding NO2 is 1. The lowest BCUT2D eigenvalue weighted by Crippen LogP contribution is -2.00. The van der Waals surface area contributed by atoms with Crippen LogP contribution in [0, 0.1) is 4.91 Å². The van der Waals surface area contributed by atoms with Crippen molar-refractivity contribution in [2.75, 3.05) is 11.5 Å². The molecule has 0 atom stereocenters. The molecule has 2 aromatic heterocycles. The van der Waals surface area contributed by atoms with Crippen molar-refractivity contribution in [1.82, 2.24) is 9.97 Å². The number of thiophene rings is 1. The summed E-state index contributed by atoms with van der Waals surface area (Å²) in [6.45, 7) is 0. The van der Waals surface area contributed by atoms with Gasteiger partial charge in [-0.3, -0.25) is 0 Å². The van der Waals surface area contributed by atoms with Crippen LogP contribution in [0.25, 0.3) is 10.7 Å². The second-order valence-electron chi connectivity index (χ2n) is 2.73. The average molecular weight is 221 g/mol. The molecule has 0 radical (unpaired) electrons.